The summed E-state index contributed by atoms with van der Waals surface area (Å²) in [5, 5.41) is 7.11. The minimum Gasteiger partial charge on any atom is -0.357 e. The molecule has 0 unspecified atom stereocenters. The van der Waals surface area contributed by atoms with Gasteiger partial charge in [-0.3, -0.25) is 9.59 Å². The first-order valence-corrected chi connectivity index (χ1v) is 10.1. The second kappa shape index (κ2) is 7.36. The van der Waals surface area contributed by atoms with Crippen molar-refractivity contribution in [1.29, 1.82) is 0 Å². The molecule has 0 atom stereocenters. The van der Waals surface area contributed by atoms with Crippen LogP contribution in [0.15, 0.2) is 24.5 Å². The Kier molecular flexibility index (Phi) is 4.53. The van der Waals surface area contributed by atoms with E-state index in [-0.39, 0.29) is 18.4 Å². The molecule has 0 spiro atoms. The highest BCUT2D eigenvalue weighted by molar-refractivity contribution is 5.96. The summed E-state index contributed by atoms with van der Waals surface area (Å²) in [5.41, 5.74) is 3.00. The van der Waals surface area contributed by atoms with E-state index in [0.29, 0.717) is 35.9 Å². The zero-order valence-electron chi connectivity index (χ0n) is 16.7. The van der Waals surface area contributed by atoms with E-state index in [1.165, 1.54) is 10.8 Å². The van der Waals surface area contributed by atoms with E-state index in [9.17, 15) is 9.59 Å². The number of rotatable bonds is 3. The lowest BCUT2D eigenvalue weighted by Crippen LogP contribution is -2.39. The lowest BCUT2D eigenvalue weighted by molar-refractivity contribution is 0.0711. The number of nitrogens with zero attached hydrogens (tertiary/aromatic N) is 7. The van der Waals surface area contributed by atoms with E-state index >= 15 is 0 Å². The van der Waals surface area contributed by atoms with Gasteiger partial charge < -0.3 is 15.1 Å². The van der Waals surface area contributed by atoms with Crippen LogP contribution in [0.25, 0.3) is 5.65 Å². The first kappa shape index (κ1) is 18.5. The highest BCUT2D eigenvalue weighted by Crippen LogP contribution is 2.25. The van der Waals surface area contributed by atoms with Gasteiger partial charge >= 0.3 is 0 Å². The Hall–Kier alpha value is -3.56. The topological polar surface area (TPSA) is 109 Å². The van der Waals surface area contributed by atoms with Crippen LogP contribution in [0.4, 0.5) is 5.95 Å². The van der Waals surface area contributed by atoms with Crippen LogP contribution in [0.1, 0.15) is 45.1 Å². The second-order valence-electron chi connectivity index (χ2n) is 7.49. The van der Waals surface area contributed by atoms with Crippen molar-refractivity contribution in [3.05, 3.63) is 47.2 Å². The van der Waals surface area contributed by atoms with Crippen molar-refractivity contribution < 1.29 is 9.59 Å². The van der Waals surface area contributed by atoms with Crippen molar-refractivity contribution in [2.75, 3.05) is 32.0 Å². The van der Waals surface area contributed by atoms with Crippen LogP contribution < -0.4 is 5.32 Å². The van der Waals surface area contributed by atoms with Crippen molar-refractivity contribution in [1.82, 2.24) is 34.4 Å². The Labute approximate surface area is 172 Å². The van der Waals surface area contributed by atoms with E-state index < -0.39 is 0 Å². The third-order valence-corrected chi connectivity index (χ3v) is 5.69. The van der Waals surface area contributed by atoms with Crippen molar-refractivity contribution in [2.24, 2.45) is 0 Å². The predicted molar refractivity (Wildman–Crippen MR) is 108 cm³/mol. The van der Waals surface area contributed by atoms with E-state index in [1.807, 2.05) is 4.90 Å². The Morgan fingerprint density at radius 3 is 2.67 bits per heavy atom. The number of carbonyl (C=O) groups is 2. The summed E-state index contributed by atoms with van der Waals surface area (Å²) in [6.45, 7) is 2.28. The maximum absolute atomic E-state index is 13.3. The number of carbonyl (C=O) groups excluding carboxylic acids is 2. The molecule has 10 nitrogen and oxygen atoms in total. The number of aromatic nitrogens is 5. The van der Waals surface area contributed by atoms with Gasteiger partial charge in [-0.25, -0.2) is 19.5 Å². The van der Waals surface area contributed by atoms with Crippen LogP contribution in [0.2, 0.25) is 0 Å². The maximum atomic E-state index is 13.3. The summed E-state index contributed by atoms with van der Waals surface area (Å²) in [7, 11) is 1.74. The molecule has 3 aromatic heterocycles. The maximum Gasteiger partial charge on any atom is 0.273 e. The smallest absolute Gasteiger partial charge is 0.273 e. The lowest BCUT2D eigenvalue weighted by atomic mass is 10.0. The van der Waals surface area contributed by atoms with Gasteiger partial charge in [-0.15, -0.1) is 0 Å². The molecule has 5 heterocycles. The van der Waals surface area contributed by atoms with E-state index in [2.05, 4.69) is 25.4 Å². The molecule has 0 aromatic carbocycles. The number of anilines is 1. The summed E-state index contributed by atoms with van der Waals surface area (Å²) >= 11 is 0. The molecule has 30 heavy (non-hydrogen) atoms. The molecule has 10 heteroatoms. The highest BCUT2D eigenvalue weighted by atomic mass is 16.2. The SMILES string of the molecule is CNc1nc2c(c(C(=O)N3CCCC3)n1)CN(C(=O)c1cccc3ncnn13)CC2. The molecule has 154 valence electrons. The van der Waals surface area contributed by atoms with Crippen molar-refractivity contribution >= 4 is 23.4 Å². The molecule has 1 fully saturated rings. The molecule has 0 bridgehead atoms. The minimum absolute atomic E-state index is 0.0877. The molecule has 5 rings (SSSR count). The Balaban J connectivity index is 1.50. The van der Waals surface area contributed by atoms with Gasteiger partial charge in [0.15, 0.2) is 5.65 Å². The van der Waals surface area contributed by atoms with Crippen LogP contribution >= 0.6 is 0 Å². The summed E-state index contributed by atoms with van der Waals surface area (Å²) in [6.07, 6.45) is 4.00. The van der Waals surface area contributed by atoms with Crippen molar-refractivity contribution in [2.45, 2.75) is 25.8 Å². The van der Waals surface area contributed by atoms with Crippen LogP contribution in [0.3, 0.4) is 0 Å². The number of fused-ring (bicyclic) bond motifs is 2. The minimum atomic E-state index is -0.158. The van der Waals surface area contributed by atoms with Gasteiger partial charge in [-0.05, 0) is 25.0 Å². The number of nitrogens with one attached hydrogen (secondary N) is 1. The number of pyridine rings is 1. The van der Waals surface area contributed by atoms with Gasteiger partial charge in [0.05, 0.1) is 12.2 Å². The summed E-state index contributed by atoms with van der Waals surface area (Å²) in [5.74, 6) is 0.188. The third-order valence-electron chi connectivity index (χ3n) is 5.69. The molecule has 0 radical (unpaired) electrons. The summed E-state index contributed by atoms with van der Waals surface area (Å²) in [4.78, 5) is 43.2. The Bertz CT molecular complexity index is 1140. The van der Waals surface area contributed by atoms with Crippen LogP contribution in [0.5, 0.6) is 0 Å². The summed E-state index contributed by atoms with van der Waals surface area (Å²) in [6, 6.07) is 5.32. The average Bonchev–Trinajstić information content (AvgIpc) is 3.48. The molecule has 1 saturated heterocycles. The predicted octanol–water partition coefficient (Wildman–Crippen LogP) is 0.995. The first-order valence-electron chi connectivity index (χ1n) is 10.1. The largest absolute Gasteiger partial charge is 0.357 e. The molecular weight excluding hydrogens is 384 g/mol. The normalized spacial score (nSPS) is 16.0. The zero-order chi connectivity index (χ0) is 20.7. The van der Waals surface area contributed by atoms with Crippen molar-refractivity contribution in [3.8, 4) is 0 Å². The fourth-order valence-corrected chi connectivity index (χ4v) is 4.12. The van der Waals surface area contributed by atoms with Gasteiger partial charge in [0, 0.05) is 38.7 Å². The molecule has 3 aromatic rings. The zero-order valence-corrected chi connectivity index (χ0v) is 16.7. The Morgan fingerprint density at radius 2 is 1.87 bits per heavy atom. The van der Waals surface area contributed by atoms with E-state index in [1.54, 1.807) is 30.1 Å². The summed E-state index contributed by atoms with van der Waals surface area (Å²) < 4.78 is 1.54. The second-order valence-corrected chi connectivity index (χ2v) is 7.49. The van der Waals surface area contributed by atoms with E-state index in [4.69, 9.17) is 0 Å². The van der Waals surface area contributed by atoms with Gasteiger partial charge in [-0.2, -0.15) is 5.10 Å². The van der Waals surface area contributed by atoms with Gasteiger partial charge in [0.25, 0.3) is 11.8 Å². The molecule has 0 aliphatic carbocycles. The van der Waals surface area contributed by atoms with Crippen LogP contribution in [-0.4, -0.2) is 72.9 Å². The number of amides is 2. The quantitative estimate of drug-likeness (QED) is 0.691. The van der Waals surface area contributed by atoms with Gasteiger partial charge in [0.2, 0.25) is 5.95 Å². The third kappa shape index (κ3) is 3.04. The molecule has 0 saturated carbocycles. The number of hydrogen-bond donors (Lipinski definition) is 1. The highest BCUT2D eigenvalue weighted by Gasteiger charge is 2.31. The number of likely N-dealkylation sites (tertiary alicyclic amines) is 1. The monoisotopic (exact) mass is 406 g/mol. The standard InChI is InChI=1S/C20H22N8O2/c1-21-20-24-14-7-10-27(18(29)15-5-4-6-16-22-12-23-28(15)16)11-13(14)17(25-20)19(30)26-8-2-3-9-26/h4-6,12H,2-3,7-11H2,1H3,(H,21,24,25). The molecular formula is C20H22N8O2. The fourth-order valence-electron chi connectivity index (χ4n) is 4.12. The van der Waals surface area contributed by atoms with E-state index in [0.717, 1.165) is 37.2 Å². The average molecular weight is 406 g/mol. The van der Waals surface area contributed by atoms with Crippen LogP contribution in [-0.2, 0) is 13.0 Å². The molecule has 2 aliphatic heterocycles. The number of hydrogen-bond acceptors (Lipinski definition) is 7. The van der Waals surface area contributed by atoms with Crippen molar-refractivity contribution in [3.63, 3.8) is 0 Å². The molecule has 1 N–H and O–H groups in total. The van der Waals surface area contributed by atoms with Crippen LogP contribution in [0, 0.1) is 0 Å². The van der Waals surface area contributed by atoms with Gasteiger partial charge in [-0.1, -0.05) is 6.07 Å². The van der Waals surface area contributed by atoms with Gasteiger partial charge in [0.1, 0.15) is 17.7 Å². The Morgan fingerprint density at radius 1 is 1.03 bits per heavy atom. The fraction of sp³-hybridized carbons (Fsp3) is 0.400. The molecule has 2 amide bonds. The lowest BCUT2D eigenvalue weighted by Gasteiger charge is -2.30. The molecule has 2 aliphatic rings. The first-order chi connectivity index (χ1) is 14.7.